The van der Waals surface area contributed by atoms with Gasteiger partial charge in [-0.05, 0) is 43.2 Å². The fourth-order valence-electron chi connectivity index (χ4n) is 2.69. The molecular weight excluding hydrogens is 318 g/mol. The minimum atomic E-state index is -0.551. The number of hydrogen-bond donors (Lipinski definition) is 1. The van der Waals surface area contributed by atoms with Crippen molar-refractivity contribution in [1.29, 1.82) is 0 Å². The largest absolute Gasteiger partial charge is 0.489 e. The molecule has 1 N–H and O–H groups in total. The Bertz CT molecular complexity index is 738. The van der Waals surface area contributed by atoms with Crippen molar-refractivity contribution in [2.24, 2.45) is 0 Å². The lowest BCUT2D eigenvalue weighted by Crippen LogP contribution is -2.39. The van der Waals surface area contributed by atoms with Crippen LogP contribution in [0.4, 0.5) is 5.69 Å². The van der Waals surface area contributed by atoms with Gasteiger partial charge in [-0.2, -0.15) is 0 Å². The van der Waals surface area contributed by atoms with Crippen LogP contribution in [0.3, 0.4) is 0 Å². The van der Waals surface area contributed by atoms with Crippen molar-refractivity contribution in [3.8, 4) is 5.75 Å². The van der Waals surface area contributed by atoms with Gasteiger partial charge in [0.2, 0.25) is 0 Å². The number of amides is 1. The van der Waals surface area contributed by atoms with Crippen molar-refractivity contribution in [3.05, 3.63) is 59.2 Å². The van der Waals surface area contributed by atoms with E-state index < -0.39 is 6.10 Å². The molecule has 1 atom stereocenters. The third-order valence-corrected chi connectivity index (χ3v) is 4.05. The molecule has 0 aliphatic carbocycles. The second-order valence-corrected chi connectivity index (χ2v) is 6.18. The lowest BCUT2D eigenvalue weighted by Gasteiger charge is -2.22. The summed E-state index contributed by atoms with van der Waals surface area (Å²) in [5.74, 6) is 0.588. The summed E-state index contributed by atoms with van der Waals surface area (Å²) in [6.45, 7) is 5.79. The number of carbonyl (C=O) groups excluding carboxylic acids is 1. The zero-order chi connectivity index (χ0) is 17.6. The Labute approximate surface area is 147 Å². The van der Waals surface area contributed by atoms with E-state index in [1.54, 1.807) is 0 Å². The van der Waals surface area contributed by atoms with Crippen LogP contribution in [0.2, 0.25) is 0 Å². The highest BCUT2D eigenvalue weighted by Crippen LogP contribution is 2.23. The third-order valence-electron chi connectivity index (χ3n) is 4.05. The van der Waals surface area contributed by atoms with Gasteiger partial charge in [0.25, 0.3) is 5.91 Å². The Hall–Kier alpha value is -2.37. The maximum Gasteiger partial charge on any atom is 0.255 e. The van der Waals surface area contributed by atoms with Crippen molar-refractivity contribution >= 4 is 11.6 Å². The van der Waals surface area contributed by atoms with Crippen LogP contribution >= 0.6 is 0 Å². The van der Waals surface area contributed by atoms with Crippen LogP contribution in [0.15, 0.2) is 42.5 Å². The highest BCUT2D eigenvalue weighted by atomic mass is 16.6. The quantitative estimate of drug-likeness (QED) is 0.907. The SMILES string of the molecule is Cc1cccc(COc2ccc(NC(=O)[C@@H]3COCCO3)c(C)c2)c1. The summed E-state index contributed by atoms with van der Waals surface area (Å²) in [4.78, 5) is 12.2. The van der Waals surface area contributed by atoms with E-state index in [-0.39, 0.29) is 5.91 Å². The Morgan fingerprint density at radius 2 is 2.08 bits per heavy atom. The van der Waals surface area contributed by atoms with Gasteiger partial charge >= 0.3 is 0 Å². The third kappa shape index (κ3) is 4.81. The molecule has 0 saturated carbocycles. The molecule has 0 bridgehead atoms. The van der Waals surface area contributed by atoms with Gasteiger partial charge in [-0.25, -0.2) is 0 Å². The zero-order valence-electron chi connectivity index (χ0n) is 14.6. The van der Waals surface area contributed by atoms with E-state index in [0.717, 1.165) is 22.6 Å². The Morgan fingerprint density at radius 3 is 2.80 bits per heavy atom. The molecule has 1 heterocycles. The molecule has 0 aromatic heterocycles. The summed E-state index contributed by atoms with van der Waals surface area (Å²) in [6.07, 6.45) is -0.551. The molecule has 1 fully saturated rings. The summed E-state index contributed by atoms with van der Waals surface area (Å²) < 4.78 is 16.5. The molecule has 5 heteroatoms. The first-order valence-corrected chi connectivity index (χ1v) is 8.41. The van der Waals surface area contributed by atoms with Gasteiger partial charge in [0.15, 0.2) is 6.10 Å². The first kappa shape index (κ1) is 17.5. The maximum atomic E-state index is 12.2. The van der Waals surface area contributed by atoms with Crippen LogP contribution < -0.4 is 10.1 Å². The van der Waals surface area contributed by atoms with Crippen LogP contribution in [0, 0.1) is 13.8 Å². The second kappa shape index (κ2) is 8.14. The predicted molar refractivity (Wildman–Crippen MR) is 95.9 cm³/mol. The Balaban J connectivity index is 1.59. The molecule has 3 rings (SSSR count). The normalized spacial score (nSPS) is 17.1. The maximum absolute atomic E-state index is 12.2. The summed E-state index contributed by atoms with van der Waals surface area (Å²) >= 11 is 0. The molecule has 5 nitrogen and oxygen atoms in total. The van der Waals surface area contributed by atoms with Crippen LogP contribution in [-0.4, -0.2) is 31.8 Å². The molecule has 0 spiro atoms. The van der Waals surface area contributed by atoms with Crippen molar-refractivity contribution in [2.75, 3.05) is 25.1 Å². The zero-order valence-corrected chi connectivity index (χ0v) is 14.6. The van der Waals surface area contributed by atoms with E-state index in [1.807, 2.05) is 37.3 Å². The smallest absolute Gasteiger partial charge is 0.255 e. The number of ether oxygens (including phenoxy) is 3. The number of nitrogens with one attached hydrogen (secondary N) is 1. The molecule has 2 aromatic carbocycles. The van der Waals surface area contributed by atoms with E-state index in [1.165, 1.54) is 5.56 Å². The summed E-state index contributed by atoms with van der Waals surface area (Å²) in [6, 6.07) is 13.9. The minimum Gasteiger partial charge on any atom is -0.489 e. The van der Waals surface area contributed by atoms with Crippen LogP contribution in [0.5, 0.6) is 5.75 Å². The van der Waals surface area contributed by atoms with Gasteiger partial charge in [-0.3, -0.25) is 4.79 Å². The van der Waals surface area contributed by atoms with Gasteiger partial charge in [0, 0.05) is 5.69 Å². The monoisotopic (exact) mass is 341 g/mol. The topological polar surface area (TPSA) is 56.8 Å². The molecule has 1 aliphatic heterocycles. The first-order chi connectivity index (χ1) is 12.1. The number of carbonyl (C=O) groups is 1. The van der Waals surface area contributed by atoms with Crippen molar-refractivity contribution < 1.29 is 19.0 Å². The second-order valence-electron chi connectivity index (χ2n) is 6.18. The van der Waals surface area contributed by atoms with E-state index >= 15 is 0 Å². The highest BCUT2D eigenvalue weighted by Gasteiger charge is 2.23. The Kier molecular flexibility index (Phi) is 5.68. The number of rotatable bonds is 5. The van der Waals surface area contributed by atoms with E-state index in [0.29, 0.717) is 26.4 Å². The van der Waals surface area contributed by atoms with Crippen LogP contribution in [0.1, 0.15) is 16.7 Å². The number of aryl methyl sites for hydroxylation is 2. The number of anilines is 1. The van der Waals surface area contributed by atoms with Crippen LogP contribution in [0.25, 0.3) is 0 Å². The average molecular weight is 341 g/mol. The Morgan fingerprint density at radius 1 is 1.20 bits per heavy atom. The fourth-order valence-corrected chi connectivity index (χ4v) is 2.69. The van der Waals surface area contributed by atoms with Gasteiger partial charge in [-0.15, -0.1) is 0 Å². The first-order valence-electron chi connectivity index (χ1n) is 8.41. The summed E-state index contributed by atoms with van der Waals surface area (Å²) in [5, 5.41) is 2.89. The van der Waals surface area contributed by atoms with Gasteiger partial charge < -0.3 is 19.5 Å². The minimum absolute atomic E-state index is 0.184. The standard InChI is InChI=1S/C20H23NO4/c1-14-4-3-5-16(10-14)12-25-17-6-7-18(15(2)11-17)21-20(22)19-13-23-8-9-24-19/h3-7,10-11,19H,8-9,12-13H2,1-2H3,(H,21,22)/t19-/m0/s1. The molecule has 1 aliphatic rings. The van der Waals surface area contributed by atoms with Crippen molar-refractivity contribution in [3.63, 3.8) is 0 Å². The van der Waals surface area contributed by atoms with Gasteiger partial charge in [0.05, 0.1) is 19.8 Å². The van der Waals surface area contributed by atoms with E-state index in [2.05, 4.69) is 24.4 Å². The van der Waals surface area contributed by atoms with E-state index in [4.69, 9.17) is 14.2 Å². The molecule has 0 radical (unpaired) electrons. The van der Waals surface area contributed by atoms with Crippen molar-refractivity contribution in [1.82, 2.24) is 0 Å². The predicted octanol–water partition coefficient (Wildman–Crippen LogP) is 3.24. The van der Waals surface area contributed by atoms with Gasteiger partial charge in [0.1, 0.15) is 12.4 Å². The molecule has 25 heavy (non-hydrogen) atoms. The van der Waals surface area contributed by atoms with E-state index in [9.17, 15) is 4.79 Å². The lowest BCUT2D eigenvalue weighted by molar-refractivity contribution is -0.142. The van der Waals surface area contributed by atoms with Gasteiger partial charge in [-0.1, -0.05) is 29.8 Å². The lowest BCUT2D eigenvalue weighted by atomic mass is 10.1. The summed E-state index contributed by atoms with van der Waals surface area (Å²) in [7, 11) is 0. The molecule has 1 saturated heterocycles. The fraction of sp³-hybridized carbons (Fsp3) is 0.350. The molecule has 0 unspecified atom stereocenters. The molecule has 2 aromatic rings. The summed E-state index contributed by atoms with van der Waals surface area (Å²) in [5.41, 5.74) is 4.03. The number of hydrogen-bond acceptors (Lipinski definition) is 4. The highest BCUT2D eigenvalue weighted by molar-refractivity contribution is 5.95. The van der Waals surface area contributed by atoms with Crippen LogP contribution in [-0.2, 0) is 20.9 Å². The number of benzene rings is 2. The molecule has 1 amide bonds. The average Bonchev–Trinajstić information content (AvgIpc) is 2.63. The molecule has 132 valence electrons. The van der Waals surface area contributed by atoms with Crippen molar-refractivity contribution in [2.45, 2.75) is 26.6 Å². The molecular formula is C20H23NO4.